The molecule has 0 spiro atoms. The highest BCUT2D eigenvalue weighted by Gasteiger charge is 2.13. The Hall–Kier alpha value is -3.53. The fourth-order valence-electron chi connectivity index (χ4n) is 2.70. The summed E-state index contributed by atoms with van der Waals surface area (Å²) in [5.41, 5.74) is 0.813. The number of thiazole rings is 1. The van der Waals surface area contributed by atoms with E-state index >= 15 is 0 Å². The molecule has 2 N–H and O–H groups in total. The number of pyridine rings is 1. The lowest BCUT2D eigenvalue weighted by atomic mass is 10.2. The zero-order chi connectivity index (χ0) is 21.3. The van der Waals surface area contributed by atoms with E-state index in [-0.39, 0.29) is 17.1 Å². The minimum Gasteiger partial charge on any atom is -0.487 e. The Morgan fingerprint density at radius 1 is 1.23 bits per heavy atom. The normalized spacial score (nSPS) is 10.5. The first kappa shape index (κ1) is 21.2. The number of hydrogen-bond acceptors (Lipinski definition) is 8. The maximum atomic E-state index is 11.0. The Kier molecular flexibility index (Phi) is 7.28. The van der Waals surface area contributed by atoms with E-state index in [1.54, 1.807) is 30.5 Å². The third kappa shape index (κ3) is 5.74. The molecule has 0 radical (unpaired) electrons. The minimum atomic E-state index is -1.05. The topological polar surface area (TPSA) is 127 Å². The van der Waals surface area contributed by atoms with Gasteiger partial charge in [-0.1, -0.05) is 12.1 Å². The van der Waals surface area contributed by atoms with Crippen molar-refractivity contribution in [2.24, 2.45) is 0 Å². The highest BCUT2D eigenvalue weighted by molar-refractivity contribution is 7.13. The summed E-state index contributed by atoms with van der Waals surface area (Å²) in [6.45, 7) is 1.12. The maximum Gasteiger partial charge on any atom is 0.355 e. The maximum absolute atomic E-state index is 11.0. The van der Waals surface area contributed by atoms with E-state index in [9.17, 15) is 14.9 Å². The van der Waals surface area contributed by atoms with Crippen molar-refractivity contribution in [1.82, 2.24) is 9.97 Å². The molecule has 3 rings (SSSR count). The number of rotatable bonds is 11. The highest BCUT2D eigenvalue weighted by Crippen LogP contribution is 2.26. The summed E-state index contributed by atoms with van der Waals surface area (Å²) < 4.78 is 5.52. The molecule has 0 fully saturated rings. The summed E-state index contributed by atoms with van der Waals surface area (Å²) in [5, 5.41) is 25.3. The van der Waals surface area contributed by atoms with E-state index in [1.807, 2.05) is 6.07 Å². The zero-order valence-corrected chi connectivity index (χ0v) is 16.8. The number of carboxylic acids is 1. The van der Waals surface area contributed by atoms with Gasteiger partial charge in [0.05, 0.1) is 11.5 Å². The number of carbonyl (C=O) groups is 1. The van der Waals surface area contributed by atoms with E-state index in [1.165, 1.54) is 22.8 Å². The molecule has 10 heteroatoms. The number of hydrogen-bond donors (Lipinski definition) is 2. The molecular formula is C20H20N4O5S. The quantitative estimate of drug-likeness (QED) is 0.260. The van der Waals surface area contributed by atoms with Gasteiger partial charge in [-0.05, 0) is 37.5 Å². The molecule has 0 amide bonds. The molecule has 2 heterocycles. The number of para-hydroxylation sites is 2. The van der Waals surface area contributed by atoms with Crippen LogP contribution in [-0.4, -0.2) is 39.1 Å². The van der Waals surface area contributed by atoms with Gasteiger partial charge in [0.1, 0.15) is 10.8 Å². The SMILES string of the molecule is O=C(O)c1csc(-c2ccnc(NCCCCCOc3ccccc3[N+](=O)[O-])c2)n1. The predicted octanol–water partition coefficient (Wildman–Crippen LogP) is 4.47. The Balaban J connectivity index is 1.40. The summed E-state index contributed by atoms with van der Waals surface area (Å²) in [5.74, 6) is -0.0682. The lowest BCUT2D eigenvalue weighted by molar-refractivity contribution is -0.385. The molecule has 0 saturated carbocycles. The van der Waals surface area contributed by atoms with Gasteiger partial charge >= 0.3 is 11.7 Å². The van der Waals surface area contributed by atoms with Crippen molar-refractivity contribution in [2.45, 2.75) is 19.3 Å². The number of benzene rings is 1. The number of aromatic carboxylic acids is 1. The third-order valence-corrected chi connectivity index (χ3v) is 5.07. The first-order valence-electron chi connectivity index (χ1n) is 9.30. The van der Waals surface area contributed by atoms with Crippen molar-refractivity contribution in [3.05, 3.63) is 63.8 Å². The Labute approximate surface area is 176 Å². The first-order valence-corrected chi connectivity index (χ1v) is 10.2. The van der Waals surface area contributed by atoms with Crippen LogP contribution in [-0.2, 0) is 0 Å². The smallest absolute Gasteiger partial charge is 0.355 e. The number of aromatic nitrogens is 2. The molecule has 0 saturated heterocycles. The summed E-state index contributed by atoms with van der Waals surface area (Å²) in [4.78, 5) is 29.8. The van der Waals surface area contributed by atoms with Crippen molar-refractivity contribution >= 4 is 28.8 Å². The van der Waals surface area contributed by atoms with Crippen LogP contribution in [0.4, 0.5) is 11.5 Å². The van der Waals surface area contributed by atoms with Gasteiger partial charge in [0.25, 0.3) is 0 Å². The van der Waals surface area contributed by atoms with E-state index in [0.29, 0.717) is 24.0 Å². The molecule has 0 bridgehead atoms. The van der Waals surface area contributed by atoms with Crippen LogP contribution in [0.1, 0.15) is 29.8 Å². The summed E-state index contributed by atoms with van der Waals surface area (Å²) in [6, 6.07) is 9.97. The van der Waals surface area contributed by atoms with Crippen molar-refractivity contribution in [2.75, 3.05) is 18.5 Å². The number of carboxylic acid groups (broad SMARTS) is 1. The molecule has 0 aliphatic heterocycles. The van der Waals surface area contributed by atoms with Crippen LogP contribution in [0.3, 0.4) is 0 Å². The van der Waals surface area contributed by atoms with Gasteiger partial charge in [-0.2, -0.15) is 0 Å². The number of nitrogens with one attached hydrogen (secondary N) is 1. The largest absolute Gasteiger partial charge is 0.487 e. The average Bonchev–Trinajstić information content (AvgIpc) is 3.24. The van der Waals surface area contributed by atoms with Gasteiger partial charge in [0.2, 0.25) is 0 Å². The molecule has 0 aliphatic rings. The molecule has 9 nitrogen and oxygen atoms in total. The minimum absolute atomic E-state index is 0.0270. The number of nitro groups is 1. The standard InChI is InChI=1S/C20H20N4O5S/c25-20(26)15-13-30-19(23-15)14-8-10-22-18(12-14)21-9-4-1-5-11-29-17-7-3-2-6-16(17)24(27)28/h2-3,6-8,10,12-13H,1,4-5,9,11H2,(H,21,22)(H,25,26). The van der Waals surface area contributed by atoms with E-state index in [4.69, 9.17) is 9.84 Å². The molecule has 156 valence electrons. The second-order valence-corrected chi connectivity index (χ2v) is 7.19. The van der Waals surface area contributed by atoms with Gasteiger partial charge in [-0.3, -0.25) is 10.1 Å². The number of nitro benzene ring substituents is 1. The molecule has 30 heavy (non-hydrogen) atoms. The van der Waals surface area contributed by atoms with E-state index in [2.05, 4.69) is 15.3 Å². The van der Waals surface area contributed by atoms with Gasteiger partial charge in [0, 0.05) is 29.8 Å². The van der Waals surface area contributed by atoms with Crippen LogP contribution in [0.25, 0.3) is 10.6 Å². The summed E-state index contributed by atoms with van der Waals surface area (Å²) >= 11 is 1.27. The van der Waals surface area contributed by atoms with Crippen molar-refractivity contribution in [1.29, 1.82) is 0 Å². The second-order valence-electron chi connectivity index (χ2n) is 6.33. The lowest BCUT2D eigenvalue weighted by Crippen LogP contribution is -2.05. The van der Waals surface area contributed by atoms with Crippen LogP contribution < -0.4 is 10.1 Å². The van der Waals surface area contributed by atoms with E-state index < -0.39 is 10.9 Å². The number of ether oxygens (including phenoxy) is 1. The molecule has 0 atom stereocenters. The predicted molar refractivity (Wildman–Crippen MR) is 113 cm³/mol. The van der Waals surface area contributed by atoms with Crippen LogP contribution in [0.15, 0.2) is 48.0 Å². The number of unbranched alkanes of at least 4 members (excludes halogenated alkanes) is 2. The summed E-state index contributed by atoms with van der Waals surface area (Å²) in [7, 11) is 0. The monoisotopic (exact) mass is 428 g/mol. The fraction of sp³-hybridized carbons (Fsp3) is 0.250. The van der Waals surface area contributed by atoms with Crippen LogP contribution >= 0.6 is 11.3 Å². The molecule has 0 unspecified atom stereocenters. The Morgan fingerprint density at radius 2 is 2.07 bits per heavy atom. The van der Waals surface area contributed by atoms with Crippen molar-refractivity contribution in [3.8, 4) is 16.3 Å². The van der Waals surface area contributed by atoms with Crippen LogP contribution in [0.2, 0.25) is 0 Å². The highest BCUT2D eigenvalue weighted by atomic mass is 32.1. The average molecular weight is 428 g/mol. The zero-order valence-electron chi connectivity index (χ0n) is 16.0. The fourth-order valence-corrected chi connectivity index (χ4v) is 3.49. The molecule has 3 aromatic rings. The first-order chi connectivity index (χ1) is 14.5. The van der Waals surface area contributed by atoms with Crippen molar-refractivity contribution < 1.29 is 19.6 Å². The molecule has 2 aromatic heterocycles. The van der Waals surface area contributed by atoms with E-state index in [0.717, 1.165) is 24.8 Å². The Bertz CT molecular complexity index is 1020. The van der Waals surface area contributed by atoms with Gasteiger partial charge in [0.15, 0.2) is 11.4 Å². The molecule has 1 aromatic carbocycles. The number of nitrogens with zero attached hydrogens (tertiary/aromatic N) is 3. The van der Waals surface area contributed by atoms with Crippen molar-refractivity contribution in [3.63, 3.8) is 0 Å². The number of anilines is 1. The van der Waals surface area contributed by atoms with Gasteiger partial charge in [-0.15, -0.1) is 11.3 Å². The van der Waals surface area contributed by atoms with Crippen LogP contribution in [0, 0.1) is 10.1 Å². The third-order valence-electron chi connectivity index (χ3n) is 4.18. The van der Waals surface area contributed by atoms with Crippen LogP contribution in [0.5, 0.6) is 5.75 Å². The second kappa shape index (κ2) is 10.3. The molecular weight excluding hydrogens is 408 g/mol. The Morgan fingerprint density at radius 3 is 2.83 bits per heavy atom. The van der Waals surface area contributed by atoms with Gasteiger partial charge in [-0.25, -0.2) is 14.8 Å². The summed E-state index contributed by atoms with van der Waals surface area (Å²) in [6.07, 6.45) is 4.20. The van der Waals surface area contributed by atoms with Gasteiger partial charge < -0.3 is 15.2 Å². The lowest BCUT2D eigenvalue weighted by Gasteiger charge is -2.08. The molecule has 0 aliphatic carbocycles.